The molecule has 0 aliphatic carbocycles. The van der Waals surface area contributed by atoms with Gasteiger partial charge in [0.25, 0.3) is 0 Å². The van der Waals surface area contributed by atoms with Gasteiger partial charge in [-0.15, -0.1) is 0 Å². The second-order valence-electron chi connectivity index (χ2n) is 6.51. The number of alkyl halides is 3. The summed E-state index contributed by atoms with van der Waals surface area (Å²) in [6.45, 7) is 0.177. The summed E-state index contributed by atoms with van der Waals surface area (Å²) in [4.78, 5) is -0.0889. The minimum atomic E-state index is -4.61. The first-order chi connectivity index (χ1) is 12.6. The third kappa shape index (κ3) is 4.01. The van der Waals surface area contributed by atoms with E-state index in [4.69, 9.17) is 0 Å². The molecule has 5 nitrogen and oxygen atoms in total. The van der Waals surface area contributed by atoms with Crippen molar-refractivity contribution in [2.75, 3.05) is 6.54 Å². The molecule has 0 saturated carbocycles. The van der Waals surface area contributed by atoms with Crippen molar-refractivity contribution in [2.45, 2.75) is 42.8 Å². The largest absolute Gasteiger partial charge is 0.435 e. The molecule has 0 spiro atoms. The molecular weight excluding hydrogens is 386 g/mol. The van der Waals surface area contributed by atoms with Crippen molar-refractivity contribution >= 4 is 10.0 Å². The van der Waals surface area contributed by atoms with Gasteiger partial charge in [-0.1, -0.05) is 12.8 Å². The van der Waals surface area contributed by atoms with Crippen LogP contribution < -0.4 is 0 Å². The topological polar surface area (TPSA) is 55.2 Å². The summed E-state index contributed by atoms with van der Waals surface area (Å²) in [6, 6.07) is 4.56. The van der Waals surface area contributed by atoms with Crippen LogP contribution in [0.25, 0.3) is 0 Å². The van der Waals surface area contributed by atoms with Crippen molar-refractivity contribution in [3.63, 3.8) is 0 Å². The number of benzene rings is 1. The fourth-order valence-corrected chi connectivity index (χ4v) is 5.01. The number of aryl methyl sites for hydroxylation is 1. The second kappa shape index (κ2) is 7.23. The van der Waals surface area contributed by atoms with E-state index >= 15 is 0 Å². The van der Waals surface area contributed by atoms with Crippen LogP contribution in [0.5, 0.6) is 0 Å². The van der Waals surface area contributed by atoms with Crippen LogP contribution in [0.2, 0.25) is 0 Å². The van der Waals surface area contributed by atoms with Gasteiger partial charge in [0.15, 0.2) is 5.69 Å². The first kappa shape index (κ1) is 19.8. The van der Waals surface area contributed by atoms with Gasteiger partial charge in [0.1, 0.15) is 5.82 Å². The number of hydrogen-bond donors (Lipinski definition) is 0. The van der Waals surface area contributed by atoms with Gasteiger partial charge in [-0.05, 0) is 43.2 Å². The molecule has 148 valence electrons. The molecule has 1 aliphatic rings. The predicted molar refractivity (Wildman–Crippen MR) is 89.7 cm³/mol. The van der Waals surface area contributed by atoms with Gasteiger partial charge in [0, 0.05) is 13.6 Å². The molecule has 1 aliphatic heterocycles. The highest BCUT2D eigenvalue weighted by atomic mass is 32.2. The van der Waals surface area contributed by atoms with Crippen molar-refractivity contribution in [3.8, 4) is 0 Å². The predicted octanol–water partition coefficient (Wildman–Crippen LogP) is 3.88. The first-order valence-electron chi connectivity index (χ1n) is 8.49. The Kier molecular flexibility index (Phi) is 5.31. The fourth-order valence-electron chi connectivity index (χ4n) is 3.34. The maximum atomic E-state index is 13.2. The molecule has 0 unspecified atom stereocenters. The van der Waals surface area contributed by atoms with Crippen LogP contribution in [0, 0.1) is 5.82 Å². The normalized spacial score (nSPS) is 19.8. The van der Waals surface area contributed by atoms with E-state index in [-0.39, 0.29) is 17.1 Å². The molecule has 1 atom stereocenters. The van der Waals surface area contributed by atoms with Crippen LogP contribution in [0.15, 0.2) is 35.2 Å². The smallest absolute Gasteiger partial charge is 0.270 e. The van der Waals surface area contributed by atoms with Gasteiger partial charge in [0.05, 0.1) is 16.6 Å². The number of sulfonamides is 1. The highest BCUT2D eigenvalue weighted by Gasteiger charge is 2.39. The van der Waals surface area contributed by atoms with Crippen molar-refractivity contribution in [2.24, 2.45) is 7.05 Å². The zero-order chi connectivity index (χ0) is 19.8. The van der Waals surface area contributed by atoms with Crippen molar-refractivity contribution < 1.29 is 26.0 Å². The molecule has 1 saturated heterocycles. The maximum absolute atomic E-state index is 13.2. The van der Waals surface area contributed by atoms with Crippen molar-refractivity contribution in [1.29, 1.82) is 0 Å². The Morgan fingerprint density at radius 2 is 1.78 bits per heavy atom. The third-order valence-electron chi connectivity index (χ3n) is 4.67. The van der Waals surface area contributed by atoms with Crippen molar-refractivity contribution in [1.82, 2.24) is 14.1 Å². The van der Waals surface area contributed by atoms with Gasteiger partial charge < -0.3 is 0 Å². The second-order valence-corrected chi connectivity index (χ2v) is 8.40. The summed E-state index contributed by atoms with van der Waals surface area (Å²) in [7, 11) is -2.62. The molecule has 0 amide bonds. The van der Waals surface area contributed by atoms with Gasteiger partial charge in [-0.3, -0.25) is 4.68 Å². The number of aromatic nitrogens is 2. The molecule has 1 fully saturated rings. The monoisotopic (exact) mass is 405 g/mol. The summed E-state index contributed by atoms with van der Waals surface area (Å²) >= 11 is 0. The van der Waals surface area contributed by atoms with Crippen LogP contribution in [0.3, 0.4) is 0 Å². The molecule has 0 N–H and O–H groups in total. The van der Waals surface area contributed by atoms with Gasteiger partial charge in [-0.25, -0.2) is 12.8 Å². The first-order valence-corrected chi connectivity index (χ1v) is 9.93. The lowest BCUT2D eigenvalue weighted by Gasteiger charge is -2.29. The van der Waals surface area contributed by atoms with Crippen LogP contribution >= 0.6 is 0 Å². The molecule has 0 bridgehead atoms. The third-order valence-corrected chi connectivity index (χ3v) is 6.59. The van der Waals surface area contributed by atoms with Crippen LogP contribution in [-0.2, 0) is 23.2 Å². The van der Waals surface area contributed by atoms with Crippen molar-refractivity contribution in [3.05, 3.63) is 47.5 Å². The standard InChI is InChI=1S/C17H19F4N3O2S/c1-23-15(11-16(22-23)17(19,20)21)14-5-3-2-4-10-24(14)27(25,26)13-8-6-12(18)7-9-13/h6-9,11,14H,2-5,10H2,1H3/t14-/m0/s1. The van der Waals surface area contributed by atoms with E-state index in [0.717, 1.165) is 41.4 Å². The number of halogens is 4. The van der Waals surface area contributed by atoms with E-state index in [0.29, 0.717) is 19.3 Å². The fraction of sp³-hybridized carbons (Fsp3) is 0.471. The Labute approximate surface area is 154 Å². The highest BCUT2D eigenvalue weighted by Crippen LogP contribution is 2.37. The molecule has 2 aromatic rings. The van der Waals surface area contributed by atoms with Crippen LogP contribution in [0.1, 0.15) is 43.1 Å². The summed E-state index contributed by atoms with van der Waals surface area (Å²) in [6.07, 6.45) is -2.16. The van der Waals surface area contributed by atoms with Crippen LogP contribution in [-0.4, -0.2) is 29.0 Å². The molecule has 2 heterocycles. The van der Waals surface area contributed by atoms with E-state index in [2.05, 4.69) is 5.10 Å². The SMILES string of the molecule is Cn1nc(C(F)(F)F)cc1[C@@H]1CCCCCN1S(=O)(=O)c1ccc(F)cc1. The lowest BCUT2D eigenvalue weighted by Crippen LogP contribution is -2.35. The quantitative estimate of drug-likeness (QED) is 0.729. The van der Waals surface area contributed by atoms with E-state index in [9.17, 15) is 26.0 Å². The van der Waals surface area contributed by atoms with Crippen LogP contribution in [0.4, 0.5) is 17.6 Å². The summed E-state index contributed by atoms with van der Waals surface area (Å²) in [5, 5.41) is 3.51. The minimum absolute atomic E-state index is 0.0889. The number of nitrogens with zero attached hydrogens (tertiary/aromatic N) is 3. The summed E-state index contributed by atoms with van der Waals surface area (Å²) in [5.41, 5.74) is -0.863. The van der Waals surface area contributed by atoms with Gasteiger partial charge in [-0.2, -0.15) is 22.6 Å². The van der Waals surface area contributed by atoms with E-state index in [1.165, 1.54) is 11.4 Å². The lowest BCUT2D eigenvalue weighted by atomic mass is 10.1. The zero-order valence-electron chi connectivity index (χ0n) is 14.6. The maximum Gasteiger partial charge on any atom is 0.435 e. The average molecular weight is 405 g/mol. The molecule has 10 heteroatoms. The number of hydrogen-bond acceptors (Lipinski definition) is 3. The lowest BCUT2D eigenvalue weighted by molar-refractivity contribution is -0.141. The summed E-state index contributed by atoms with van der Waals surface area (Å²) < 4.78 is 80.7. The van der Waals surface area contributed by atoms with Gasteiger partial charge >= 0.3 is 6.18 Å². The Morgan fingerprint density at radius 3 is 2.37 bits per heavy atom. The number of rotatable bonds is 3. The minimum Gasteiger partial charge on any atom is -0.270 e. The molecule has 3 rings (SSSR count). The van der Waals surface area contributed by atoms with E-state index < -0.39 is 33.8 Å². The zero-order valence-corrected chi connectivity index (χ0v) is 15.4. The molecule has 0 radical (unpaired) electrons. The molecular formula is C17H19F4N3O2S. The Balaban J connectivity index is 2.04. The Morgan fingerprint density at radius 1 is 1.11 bits per heavy atom. The average Bonchev–Trinajstić information content (AvgIpc) is 2.82. The van der Waals surface area contributed by atoms with Gasteiger partial charge in [0.2, 0.25) is 10.0 Å². The molecule has 1 aromatic heterocycles. The summed E-state index contributed by atoms with van der Waals surface area (Å²) in [5.74, 6) is -0.567. The highest BCUT2D eigenvalue weighted by molar-refractivity contribution is 7.89. The molecule has 27 heavy (non-hydrogen) atoms. The van der Waals surface area contributed by atoms with E-state index in [1.807, 2.05) is 0 Å². The Bertz CT molecular complexity index is 907. The van der Waals surface area contributed by atoms with E-state index in [1.54, 1.807) is 0 Å². The molecule has 1 aromatic carbocycles. The Hall–Kier alpha value is -1.94.